The minimum Gasteiger partial charge on any atom is -0.480 e. The van der Waals surface area contributed by atoms with Crippen molar-refractivity contribution < 1.29 is 24.2 Å². The van der Waals surface area contributed by atoms with Crippen LogP contribution in [0, 0.1) is 0 Å². The average molecular weight is 260 g/mol. The fourth-order valence-electron chi connectivity index (χ4n) is 1.75. The Morgan fingerprint density at radius 2 is 2.28 bits per heavy atom. The van der Waals surface area contributed by atoms with E-state index in [2.05, 4.69) is 10.6 Å². The maximum atomic E-state index is 11.6. The van der Waals surface area contributed by atoms with Crippen molar-refractivity contribution in [1.29, 1.82) is 0 Å². The van der Waals surface area contributed by atoms with Gasteiger partial charge in [-0.1, -0.05) is 0 Å². The van der Waals surface area contributed by atoms with Crippen molar-refractivity contribution in [2.45, 2.75) is 25.3 Å². The second-order valence-electron chi connectivity index (χ2n) is 4.54. The van der Waals surface area contributed by atoms with E-state index in [0.717, 1.165) is 19.4 Å². The molecule has 1 atom stereocenters. The molecule has 0 radical (unpaired) electrons. The first-order valence-corrected chi connectivity index (χ1v) is 5.95. The van der Waals surface area contributed by atoms with Crippen molar-refractivity contribution in [3.8, 4) is 0 Å². The number of hydrogen-bond donors (Lipinski definition) is 3. The predicted molar refractivity (Wildman–Crippen MR) is 63.4 cm³/mol. The van der Waals surface area contributed by atoms with Crippen molar-refractivity contribution in [3.63, 3.8) is 0 Å². The molecule has 7 nitrogen and oxygen atoms in total. The number of urea groups is 1. The fraction of sp³-hybridized carbons (Fsp3) is 0.818. The van der Waals surface area contributed by atoms with Crippen LogP contribution in [0.3, 0.4) is 0 Å². The lowest BCUT2D eigenvalue weighted by molar-refractivity contribution is -0.142. The highest BCUT2D eigenvalue weighted by Gasteiger charge is 2.28. The van der Waals surface area contributed by atoms with Crippen molar-refractivity contribution in [2.24, 2.45) is 0 Å². The van der Waals surface area contributed by atoms with Crippen molar-refractivity contribution in [3.05, 3.63) is 0 Å². The Kier molecular flexibility index (Phi) is 5.87. The molecule has 3 N–H and O–H groups in total. The van der Waals surface area contributed by atoms with Crippen LogP contribution in [0.5, 0.6) is 0 Å². The van der Waals surface area contributed by atoms with Crippen molar-refractivity contribution >= 4 is 12.0 Å². The molecule has 7 heteroatoms. The number of carbonyl (C=O) groups is 2. The maximum Gasteiger partial charge on any atom is 0.329 e. The van der Waals surface area contributed by atoms with Gasteiger partial charge >= 0.3 is 12.0 Å². The number of nitrogens with one attached hydrogen (secondary N) is 2. The largest absolute Gasteiger partial charge is 0.480 e. The van der Waals surface area contributed by atoms with Gasteiger partial charge in [0.15, 0.2) is 0 Å². The van der Waals surface area contributed by atoms with E-state index in [0.29, 0.717) is 6.61 Å². The summed E-state index contributed by atoms with van der Waals surface area (Å²) in [5.74, 6) is -1.02. The molecule has 1 heterocycles. The second-order valence-corrected chi connectivity index (χ2v) is 4.54. The molecule has 0 saturated carbocycles. The van der Waals surface area contributed by atoms with Crippen LogP contribution >= 0.6 is 0 Å². The summed E-state index contributed by atoms with van der Waals surface area (Å²) in [6.07, 6.45) is 1.81. The number of rotatable bonds is 6. The lowest BCUT2D eigenvalue weighted by atomic mass is 9.95. The van der Waals surface area contributed by atoms with E-state index in [1.165, 1.54) is 0 Å². The first-order valence-electron chi connectivity index (χ1n) is 5.95. The third-order valence-electron chi connectivity index (χ3n) is 2.61. The Hall–Kier alpha value is -1.34. The zero-order valence-corrected chi connectivity index (χ0v) is 10.5. The lowest BCUT2D eigenvalue weighted by Gasteiger charge is -2.34. The molecular weight excluding hydrogens is 240 g/mol. The summed E-state index contributed by atoms with van der Waals surface area (Å²) in [7, 11) is 0. The molecule has 0 spiro atoms. The van der Waals surface area contributed by atoms with Gasteiger partial charge in [0.25, 0.3) is 0 Å². The number of ether oxygens (including phenoxy) is 2. The molecule has 104 valence electrons. The quantitative estimate of drug-likeness (QED) is 0.582. The van der Waals surface area contributed by atoms with E-state index >= 15 is 0 Å². The maximum absolute atomic E-state index is 11.6. The molecule has 1 aliphatic heterocycles. The van der Waals surface area contributed by atoms with E-state index in [9.17, 15) is 9.59 Å². The van der Waals surface area contributed by atoms with Crippen LogP contribution in [-0.2, 0) is 14.3 Å². The van der Waals surface area contributed by atoms with Crippen LogP contribution in [0.2, 0.25) is 0 Å². The second kappa shape index (κ2) is 7.17. The molecule has 2 amide bonds. The number of carbonyl (C=O) groups excluding carboxylic acids is 1. The standard InChI is InChI=1S/C11H20N2O5/c1-11(3-2-5-18-8-11)13-10(16)12-4-6-17-7-9(14)15/h2-8H2,1H3,(H,14,15)(H2,12,13,16). The van der Waals surface area contributed by atoms with Gasteiger partial charge in [0.1, 0.15) is 6.61 Å². The first-order chi connectivity index (χ1) is 8.52. The zero-order valence-electron chi connectivity index (χ0n) is 10.5. The summed E-state index contributed by atoms with van der Waals surface area (Å²) in [6, 6.07) is -0.290. The predicted octanol–water partition coefficient (Wildman–Crippen LogP) is -0.0441. The highest BCUT2D eigenvalue weighted by Crippen LogP contribution is 2.17. The fourth-order valence-corrected chi connectivity index (χ4v) is 1.75. The number of aliphatic carboxylic acids is 1. The number of hydrogen-bond acceptors (Lipinski definition) is 4. The monoisotopic (exact) mass is 260 g/mol. The Bertz CT molecular complexity index is 289. The smallest absolute Gasteiger partial charge is 0.329 e. The Labute approximate surface area is 106 Å². The van der Waals surface area contributed by atoms with Crippen LogP contribution in [-0.4, -0.2) is 55.6 Å². The SMILES string of the molecule is CC1(NC(=O)NCCOCC(=O)O)CCCOC1. The third-order valence-corrected chi connectivity index (χ3v) is 2.61. The van der Waals surface area contributed by atoms with Crippen LogP contribution in [0.1, 0.15) is 19.8 Å². The molecule has 0 aromatic carbocycles. The van der Waals surface area contributed by atoms with Gasteiger partial charge in [-0.3, -0.25) is 0 Å². The molecule has 0 aliphatic carbocycles. The highest BCUT2D eigenvalue weighted by atomic mass is 16.5. The molecule has 1 fully saturated rings. The molecule has 0 bridgehead atoms. The summed E-state index contributed by atoms with van der Waals surface area (Å²) in [4.78, 5) is 21.7. The molecular formula is C11H20N2O5. The van der Waals surface area contributed by atoms with E-state index in [4.69, 9.17) is 14.6 Å². The summed E-state index contributed by atoms with van der Waals surface area (Å²) in [5, 5.41) is 13.8. The van der Waals surface area contributed by atoms with E-state index in [-0.39, 0.29) is 31.3 Å². The van der Waals surface area contributed by atoms with Gasteiger partial charge in [0, 0.05) is 13.2 Å². The molecule has 1 unspecified atom stereocenters. The Morgan fingerprint density at radius 3 is 2.89 bits per heavy atom. The van der Waals surface area contributed by atoms with Gasteiger partial charge in [-0.2, -0.15) is 0 Å². The van der Waals surface area contributed by atoms with Crippen LogP contribution in [0.15, 0.2) is 0 Å². The van der Waals surface area contributed by atoms with Crippen LogP contribution in [0.4, 0.5) is 4.79 Å². The number of amides is 2. The van der Waals surface area contributed by atoms with Gasteiger partial charge in [0.05, 0.1) is 18.8 Å². The third kappa shape index (κ3) is 5.83. The number of carboxylic acids is 1. The van der Waals surface area contributed by atoms with E-state index in [1.54, 1.807) is 0 Å². The van der Waals surface area contributed by atoms with Gasteiger partial charge in [-0.05, 0) is 19.8 Å². The molecule has 1 aliphatic rings. The van der Waals surface area contributed by atoms with Crippen LogP contribution < -0.4 is 10.6 Å². The topological polar surface area (TPSA) is 96.9 Å². The lowest BCUT2D eigenvalue weighted by Crippen LogP contribution is -2.54. The van der Waals surface area contributed by atoms with Crippen molar-refractivity contribution in [1.82, 2.24) is 10.6 Å². The van der Waals surface area contributed by atoms with E-state index < -0.39 is 5.97 Å². The van der Waals surface area contributed by atoms with Gasteiger partial charge in [-0.25, -0.2) is 9.59 Å². The zero-order chi connectivity index (χ0) is 13.4. The van der Waals surface area contributed by atoms with Gasteiger partial charge < -0.3 is 25.2 Å². The molecule has 0 aromatic heterocycles. The summed E-state index contributed by atoms with van der Waals surface area (Å²) >= 11 is 0. The van der Waals surface area contributed by atoms with Crippen molar-refractivity contribution in [2.75, 3.05) is 33.0 Å². The normalized spacial score (nSPS) is 23.4. The van der Waals surface area contributed by atoms with Gasteiger partial charge in [0.2, 0.25) is 0 Å². The summed E-state index contributed by atoms with van der Waals surface area (Å²) in [6.45, 7) is 3.28. The Balaban J connectivity index is 2.11. The highest BCUT2D eigenvalue weighted by molar-refractivity contribution is 5.74. The van der Waals surface area contributed by atoms with E-state index in [1.807, 2.05) is 6.92 Å². The average Bonchev–Trinajstić information content (AvgIpc) is 2.28. The van der Waals surface area contributed by atoms with Gasteiger partial charge in [-0.15, -0.1) is 0 Å². The van der Waals surface area contributed by atoms with Crippen LogP contribution in [0.25, 0.3) is 0 Å². The Morgan fingerprint density at radius 1 is 1.50 bits per heavy atom. The molecule has 18 heavy (non-hydrogen) atoms. The molecule has 1 rings (SSSR count). The summed E-state index contributed by atoms with van der Waals surface area (Å²) < 4.78 is 10.1. The molecule has 1 saturated heterocycles. The molecule has 0 aromatic rings. The minimum atomic E-state index is -1.02. The summed E-state index contributed by atoms with van der Waals surface area (Å²) in [5.41, 5.74) is -0.329. The minimum absolute atomic E-state index is 0.174. The first kappa shape index (κ1) is 14.7. The number of carboxylic acid groups (broad SMARTS) is 1.